The van der Waals surface area contributed by atoms with Crippen molar-refractivity contribution in [2.45, 2.75) is 13.0 Å². The van der Waals surface area contributed by atoms with Crippen LogP contribution in [0.3, 0.4) is 0 Å². The third-order valence-electron chi connectivity index (χ3n) is 4.04. The van der Waals surface area contributed by atoms with E-state index in [-0.39, 0.29) is 0 Å². The highest BCUT2D eigenvalue weighted by Gasteiger charge is 2.05. The molecule has 2 aromatic carbocycles. The molecule has 0 saturated carbocycles. The van der Waals surface area contributed by atoms with Crippen LogP contribution in [0.4, 0.5) is 0 Å². The predicted molar refractivity (Wildman–Crippen MR) is 88.6 cm³/mol. The number of nitrogens with one attached hydrogen (secondary N) is 2. The molecule has 0 amide bonds. The number of quaternary nitrogens is 2. The van der Waals surface area contributed by atoms with E-state index in [1.165, 1.54) is 51.8 Å². The monoisotopic (exact) mass is 283 g/mol. The van der Waals surface area contributed by atoms with Crippen molar-refractivity contribution in [3.05, 3.63) is 48.0 Å². The minimum absolute atomic E-state index is 1.07. The first-order valence-corrected chi connectivity index (χ1v) is 7.84. The molecule has 0 aliphatic rings. The van der Waals surface area contributed by atoms with Crippen LogP contribution >= 0.6 is 0 Å². The highest BCUT2D eigenvalue weighted by Crippen LogP contribution is 2.25. The van der Waals surface area contributed by atoms with Gasteiger partial charge in [0, 0.05) is 33.8 Å². The zero-order valence-corrected chi connectivity index (χ0v) is 12.9. The van der Waals surface area contributed by atoms with Crippen LogP contribution in [0, 0.1) is 0 Å². The van der Waals surface area contributed by atoms with E-state index >= 15 is 0 Å². The van der Waals surface area contributed by atoms with Crippen LogP contribution in [0.5, 0.6) is 0 Å². The molecule has 21 heavy (non-hydrogen) atoms. The van der Waals surface area contributed by atoms with Crippen molar-refractivity contribution in [1.29, 1.82) is 0 Å². The van der Waals surface area contributed by atoms with Gasteiger partial charge in [-0.05, 0) is 18.2 Å². The summed E-state index contributed by atoms with van der Waals surface area (Å²) < 4.78 is 0. The molecule has 0 radical (unpaired) electrons. The number of hydrogen-bond donors (Lipinski definition) is 3. The number of fused-ring (bicyclic) bond motifs is 3. The van der Waals surface area contributed by atoms with Crippen molar-refractivity contribution in [2.24, 2.45) is 0 Å². The Morgan fingerprint density at radius 2 is 1.81 bits per heavy atom. The van der Waals surface area contributed by atoms with Crippen LogP contribution in [0.2, 0.25) is 0 Å². The number of nitrogens with two attached hydrogens (primary N) is 1. The summed E-state index contributed by atoms with van der Waals surface area (Å²) in [4.78, 5) is 5.01. The molecule has 3 heteroatoms. The van der Waals surface area contributed by atoms with Gasteiger partial charge < -0.3 is 15.2 Å². The molecule has 1 aromatic heterocycles. The van der Waals surface area contributed by atoms with Gasteiger partial charge in [-0.1, -0.05) is 24.3 Å². The van der Waals surface area contributed by atoms with E-state index in [2.05, 4.69) is 66.9 Å². The summed E-state index contributed by atoms with van der Waals surface area (Å²) in [5.41, 5.74) is 3.86. The molecule has 0 spiro atoms. The van der Waals surface area contributed by atoms with Crippen LogP contribution in [-0.2, 0) is 6.54 Å². The molecule has 3 nitrogen and oxygen atoms in total. The van der Waals surface area contributed by atoms with E-state index in [0.29, 0.717) is 0 Å². The van der Waals surface area contributed by atoms with Gasteiger partial charge in [0.25, 0.3) is 0 Å². The maximum atomic E-state index is 3.48. The first-order valence-electron chi connectivity index (χ1n) is 7.84. The second-order valence-corrected chi connectivity index (χ2v) is 6.14. The molecule has 110 valence electrons. The Labute approximate surface area is 126 Å². The zero-order valence-electron chi connectivity index (χ0n) is 12.9. The average Bonchev–Trinajstić information content (AvgIpc) is 2.84. The van der Waals surface area contributed by atoms with Gasteiger partial charge in [-0.3, -0.25) is 0 Å². The van der Waals surface area contributed by atoms with Gasteiger partial charge in [0.15, 0.2) is 0 Å². The Balaban J connectivity index is 1.70. The van der Waals surface area contributed by atoms with Gasteiger partial charge in [-0.2, -0.15) is 0 Å². The number of aromatic nitrogens is 1. The third kappa shape index (κ3) is 3.26. The minimum Gasteiger partial charge on any atom is -0.355 e. The minimum atomic E-state index is 1.07. The molecule has 0 aliphatic carbocycles. The van der Waals surface area contributed by atoms with E-state index in [9.17, 15) is 0 Å². The summed E-state index contributed by atoms with van der Waals surface area (Å²) in [7, 11) is 4.43. The molecule has 0 unspecified atom stereocenters. The maximum Gasteiger partial charge on any atom is 0.101 e. The van der Waals surface area contributed by atoms with E-state index in [0.717, 1.165) is 6.54 Å². The van der Waals surface area contributed by atoms with Crippen molar-refractivity contribution in [3.8, 4) is 0 Å². The molecule has 0 bridgehead atoms. The lowest BCUT2D eigenvalue weighted by Gasteiger charge is -2.06. The van der Waals surface area contributed by atoms with Crippen LogP contribution in [0.15, 0.2) is 42.5 Å². The fourth-order valence-electron chi connectivity index (χ4n) is 2.89. The van der Waals surface area contributed by atoms with Gasteiger partial charge in [0.2, 0.25) is 0 Å². The standard InChI is InChI=1S/C18H23N3/c1-21(2)11-5-10-19-13-14-8-9-18-16(12-14)15-6-3-4-7-17(15)20-18/h3-4,6-9,12,19-20H,5,10-11,13H2,1-2H3/p+2. The van der Waals surface area contributed by atoms with Crippen LogP contribution in [-0.4, -0.2) is 32.2 Å². The van der Waals surface area contributed by atoms with Crippen molar-refractivity contribution < 1.29 is 10.2 Å². The van der Waals surface area contributed by atoms with Crippen molar-refractivity contribution in [1.82, 2.24) is 4.98 Å². The van der Waals surface area contributed by atoms with E-state index in [4.69, 9.17) is 0 Å². The van der Waals surface area contributed by atoms with Crippen molar-refractivity contribution in [3.63, 3.8) is 0 Å². The van der Waals surface area contributed by atoms with Crippen LogP contribution in [0.1, 0.15) is 12.0 Å². The number of benzene rings is 2. The van der Waals surface area contributed by atoms with Gasteiger partial charge in [-0.25, -0.2) is 0 Å². The van der Waals surface area contributed by atoms with E-state index < -0.39 is 0 Å². The highest BCUT2D eigenvalue weighted by molar-refractivity contribution is 6.07. The lowest BCUT2D eigenvalue weighted by molar-refractivity contribution is -0.860. The summed E-state index contributed by atoms with van der Waals surface area (Å²) >= 11 is 0. The molecular weight excluding hydrogens is 258 g/mol. The lowest BCUT2D eigenvalue weighted by atomic mass is 10.1. The van der Waals surface area contributed by atoms with Crippen molar-refractivity contribution >= 4 is 21.8 Å². The Morgan fingerprint density at radius 3 is 2.67 bits per heavy atom. The fraction of sp³-hybridized carbons (Fsp3) is 0.333. The molecule has 0 fully saturated rings. The Hall–Kier alpha value is -1.84. The van der Waals surface area contributed by atoms with Gasteiger partial charge in [0.05, 0.1) is 27.2 Å². The summed E-state index contributed by atoms with van der Waals surface area (Å²) in [6.07, 6.45) is 1.28. The third-order valence-corrected chi connectivity index (χ3v) is 4.04. The van der Waals surface area contributed by atoms with Crippen LogP contribution in [0.25, 0.3) is 21.8 Å². The second kappa shape index (κ2) is 6.29. The highest BCUT2D eigenvalue weighted by atomic mass is 15.0. The first-order chi connectivity index (χ1) is 10.2. The quantitative estimate of drug-likeness (QED) is 0.563. The number of rotatable bonds is 6. The summed E-state index contributed by atoms with van der Waals surface area (Å²) in [6.45, 7) is 3.52. The number of hydrogen-bond acceptors (Lipinski definition) is 0. The molecule has 0 saturated heterocycles. The van der Waals surface area contributed by atoms with Gasteiger partial charge in [0.1, 0.15) is 6.54 Å². The molecule has 0 aliphatic heterocycles. The normalized spacial score (nSPS) is 11.8. The topological polar surface area (TPSA) is 36.8 Å². The molecule has 3 aromatic rings. The number of para-hydroxylation sites is 1. The van der Waals surface area contributed by atoms with Crippen LogP contribution < -0.4 is 10.2 Å². The molecular formula is C18H25N3+2. The Bertz CT molecular complexity index is 727. The Kier molecular flexibility index (Phi) is 4.23. The summed E-state index contributed by atoms with van der Waals surface area (Å²) in [5.74, 6) is 0. The van der Waals surface area contributed by atoms with Crippen molar-refractivity contribution in [2.75, 3.05) is 27.2 Å². The predicted octanol–water partition coefficient (Wildman–Crippen LogP) is 0.919. The summed E-state index contributed by atoms with van der Waals surface area (Å²) in [6, 6.07) is 15.3. The fourth-order valence-corrected chi connectivity index (χ4v) is 2.89. The number of H-pyrrole nitrogens is 1. The SMILES string of the molecule is C[NH+](C)CCC[NH2+]Cc1ccc2[nH]c3ccccc3c2c1. The molecule has 4 N–H and O–H groups in total. The number of aromatic amines is 1. The zero-order chi connectivity index (χ0) is 14.7. The smallest absolute Gasteiger partial charge is 0.101 e. The molecule has 3 rings (SSSR count). The molecule has 0 atom stereocenters. The summed E-state index contributed by atoms with van der Waals surface area (Å²) in [5, 5.41) is 5.08. The average molecular weight is 283 g/mol. The maximum absolute atomic E-state index is 3.48. The lowest BCUT2D eigenvalue weighted by Crippen LogP contribution is -3.06. The second-order valence-electron chi connectivity index (χ2n) is 6.14. The van der Waals surface area contributed by atoms with Gasteiger partial charge in [-0.15, -0.1) is 0 Å². The molecule has 1 heterocycles. The first kappa shape index (κ1) is 14.1. The van der Waals surface area contributed by atoms with Gasteiger partial charge >= 0.3 is 0 Å². The largest absolute Gasteiger partial charge is 0.355 e. The van der Waals surface area contributed by atoms with E-state index in [1.807, 2.05) is 0 Å². The van der Waals surface area contributed by atoms with E-state index in [1.54, 1.807) is 0 Å². The Morgan fingerprint density at radius 1 is 1.00 bits per heavy atom.